The van der Waals surface area contributed by atoms with E-state index in [9.17, 15) is 10.2 Å². The summed E-state index contributed by atoms with van der Waals surface area (Å²) in [6.07, 6.45) is 1.96. The Balaban J connectivity index is 2.08. The standard InChI is InChI=1S/C21H37N3O5/c1-6-7-8-12(2)9-16-10-18(25)28-21(19(16)20(22)26)23-15(5)27-11-17-13(3)24-29-14(17)4/h12,16,18-21,25-26H,6-11,22H2,1-5H3/b23-15+. The Bertz CT molecular complexity index is 641. The summed E-state index contributed by atoms with van der Waals surface area (Å²) in [6.45, 7) is 10.1. The molecule has 0 aliphatic carbocycles. The molecule has 4 N–H and O–H groups in total. The molecule has 1 saturated heterocycles. The van der Waals surface area contributed by atoms with E-state index in [2.05, 4.69) is 24.0 Å². The maximum atomic E-state index is 10.2. The van der Waals surface area contributed by atoms with Crippen molar-refractivity contribution < 1.29 is 24.2 Å². The van der Waals surface area contributed by atoms with Crippen LogP contribution in [0, 0.1) is 31.6 Å². The van der Waals surface area contributed by atoms with Gasteiger partial charge in [-0.05, 0) is 32.1 Å². The molecule has 166 valence electrons. The number of ether oxygens (including phenoxy) is 2. The molecule has 2 heterocycles. The highest BCUT2D eigenvalue weighted by Gasteiger charge is 2.41. The average molecular weight is 412 g/mol. The zero-order chi connectivity index (χ0) is 21.6. The van der Waals surface area contributed by atoms with Gasteiger partial charge in [0.25, 0.3) is 0 Å². The molecule has 0 spiro atoms. The molecule has 1 aliphatic heterocycles. The number of nitrogens with two attached hydrogens (primary N) is 1. The molecule has 2 rings (SSSR count). The molecule has 29 heavy (non-hydrogen) atoms. The average Bonchev–Trinajstić information content (AvgIpc) is 2.95. The summed E-state index contributed by atoms with van der Waals surface area (Å²) in [4.78, 5) is 4.49. The molecule has 0 aromatic carbocycles. The van der Waals surface area contributed by atoms with Crippen molar-refractivity contribution in [3.63, 3.8) is 0 Å². The molecule has 0 bridgehead atoms. The van der Waals surface area contributed by atoms with Gasteiger partial charge in [0.15, 0.2) is 18.4 Å². The minimum atomic E-state index is -1.09. The summed E-state index contributed by atoms with van der Waals surface area (Å²) in [6, 6.07) is 0. The van der Waals surface area contributed by atoms with E-state index in [0.29, 0.717) is 24.0 Å². The first-order valence-corrected chi connectivity index (χ1v) is 10.6. The van der Waals surface area contributed by atoms with Crippen LogP contribution >= 0.6 is 0 Å². The minimum absolute atomic E-state index is 0.0229. The Kier molecular flexibility index (Phi) is 9.07. The molecule has 6 unspecified atom stereocenters. The molecular formula is C21H37N3O5. The smallest absolute Gasteiger partial charge is 0.182 e. The van der Waals surface area contributed by atoms with E-state index >= 15 is 0 Å². The third kappa shape index (κ3) is 6.77. The van der Waals surface area contributed by atoms with Crippen LogP contribution in [-0.2, 0) is 16.1 Å². The van der Waals surface area contributed by atoms with E-state index in [1.165, 1.54) is 6.42 Å². The molecule has 1 fully saturated rings. The van der Waals surface area contributed by atoms with Crippen molar-refractivity contribution in [2.45, 2.75) is 92.1 Å². The Hall–Kier alpha value is -1.48. The van der Waals surface area contributed by atoms with Crippen molar-refractivity contribution in [3.8, 4) is 0 Å². The van der Waals surface area contributed by atoms with Crippen LogP contribution in [0.25, 0.3) is 0 Å². The molecule has 8 nitrogen and oxygen atoms in total. The Labute approximate surface area is 173 Å². The van der Waals surface area contributed by atoms with E-state index in [4.69, 9.17) is 19.7 Å². The summed E-state index contributed by atoms with van der Waals surface area (Å²) < 4.78 is 16.5. The fourth-order valence-electron chi connectivity index (χ4n) is 4.06. The number of rotatable bonds is 9. The summed E-state index contributed by atoms with van der Waals surface area (Å²) in [5.74, 6) is 1.20. The number of hydrogen-bond acceptors (Lipinski definition) is 8. The first kappa shape index (κ1) is 23.8. The quantitative estimate of drug-likeness (QED) is 0.324. The van der Waals surface area contributed by atoms with Crippen LogP contribution in [0.5, 0.6) is 0 Å². The Morgan fingerprint density at radius 1 is 1.41 bits per heavy atom. The van der Waals surface area contributed by atoms with Gasteiger partial charge in [0.05, 0.1) is 11.3 Å². The number of aryl methyl sites for hydroxylation is 2. The summed E-state index contributed by atoms with van der Waals surface area (Å²) in [5, 5.41) is 24.4. The molecule has 0 amide bonds. The molecular weight excluding hydrogens is 374 g/mol. The van der Waals surface area contributed by atoms with Gasteiger partial charge in [-0.15, -0.1) is 0 Å². The number of aliphatic hydroxyl groups is 2. The summed E-state index contributed by atoms with van der Waals surface area (Å²) in [5.41, 5.74) is 7.55. The maximum Gasteiger partial charge on any atom is 0.182 e. The number of hydrogen-bond donors (Lipinski definition) is 3. The van der Waals surface area contributed by atoms with Crippen LogP contribution in [-0.4, -0.2) is 40.0 Å². The van der Waals surface area contributed by atoms with Crippen molar-refractivity contribution in [1.82, 2.24) is 5.16 Å². The van der Waals surface area contributed by atoms with Gasteiger partial charge in [0, 0.05) is 19.3 Å². The SMILES string of the molecule is CCCCC(C)CC1CC(O)OC(/N=C(\C)OCc2c(C)noc2C)C1C(N)O. The van der Waals surface area contributed by atoms with Crippen LogP contribution < -0.4 is 5.73 Å². The zero-order valence-corrected chi connectivity index (χ0v) is 18.3. The van der Waals surface area contributed by atoms with Crippen molar-refractivity contribution in [3.05, 3.63) is 17.0 Å². The second-order valence-electron chi connectivity index (χ2n) is 8.27. The second-order valence-corrected chi connectivity index (χ2v) is 8.27. The first-order chi connectivity index (χ1) is 13.7. The zero-order valence-electron chi connectivity index (χ0n) is 18.3. The lowest BCUT2D eigenvalue weighted by atomic mass is 9.78. The second kappa shape index (κ2) is 11.1. The van der Waals surface area contributed by atoms with E-state index < -0.39 is 24.7 Å². The van der Waals surface area contributed by atoms with Crippen LogP contribution in [0.1, 0.15) is 69.9 Å². The number of aliphatic imine (C=N–C) groups is 1. The van der Waals surface area contributed by atoms with Crippen LogP contribution in [0.4, 0.5) is 0 Å². The van der Waals surface area contributed by atoms with Crippen molar-refractivity contribution in [2.24, 2.45) is 28.5 Å². The molecule has 6 atom stereocenters. The minimum Gasteiger partial charge on any atom is -0.476 e. The monoisotopic (exact) mass is 411 g/mol. The molecule has 8 heteroatoms. The van der Waals surface area contributed by atoms with Crippen molar-refractivity contribution in [1.29, 1.82) is 0 Å². The number of unbranched alkanes of at least 4 members (excludes halogenated alkanes) is 1. The van der Waals surface area contributed by atoms with Gasteiger partial charge in [-0.2, -0.15) is 0 Å². The number of nitrogens with zero attached hydrogens (tertiary/aromatic N) is 2. The van der Waals surface area contributed by atoms with Crippen molar-refractivity contribution in [2.75, 3.05) is 0 Å². The van der Waals surface area contributed by atoms with Crippen molar-refractivity contribution >= 4 is 5.90 Å². The molecule has 1 aromatic heterocycles. The van der Waals surface area contributed by atoms with Gasteiger partial charge < -0.3 is 29.9 Å². The van der Waals surface area contributed by atoms with Crippen LogP contribution in [0.2, 0.25) is 0 Å². The molecule has 1 aromatic rings. The predicted octanol–water partition coefficient (Wildman–Crippen LogP) is 3.02. The highest BCUT2D eigenvalue weighted by Crippen LogP contribution is 2.37. The number of aliphatic hydroxyl groups excluding tert-OH is 2. The largest absolute Gasteiger partial charge is 0.476 e. The first-order valence-electron chi connectivity index (χ1n) is 10.6. The molecule has 0 saturated carbocycles. The van der Waals surface area contributed by atoms with Gasteiger partial charge in [0.2, 0.25) is 0 Å². The van der Waals surface area contributed by atoms with Gasteiger partial charge >= 0.3 is 0 Å². The predicted molar refractivity (Wildman–Crippen MR) is 110 cm³/mol. The fourth-order valence-corrected chi connectivity index (χ4v) is 4.06. The van der Waals surface area contributed by atoms with E-state index in [0.717, 1.165) is 30.5 Å². The van der Waals surface area contributed by atoms with Crippen LogP contribution in [0.3, 0.4) is 0 Å². The molecule has 1 aliphatic rings. The van der Waals surface area contributed by atoms with Gasteiger partial charge in [-0.25, -0.2) is 4.99 Å². The third-order valence-corrected chi connectivity index (χ3v) is 5.74. The lowest BCUT2D eigenvalue weighted by Gasteiger charge is -2.41. The van der Waals surface area contributed by atoms with Gasteiger partial charge in [-0.3, -0.25) is 0 Å². The fraction of sp³-hybridized carbons (Fsp3) is 0.810. The van der Waals surface area contributed by atoms with Gasteiger partial charge in [0.1, 0.15) is 18.6 Å². The summed E-state index contributed by atoms with van der Waals surface area (Å²) >= 11 is 0. The van der Waals surface area contributed by atoms with E-state index in [1.54, 1.807) is 6.92 Å². The van der Waals surface area contributed by atoms with Gasteiger partial charge in [-0.1, -0.05) is 38.3 Å². The number of aromatic nitrogens is 1. The third-order valence-electron chi connectivity index (χ3n) is 5.74. The topological polar surface area (TPSA) is 123 Å². The van der Waals surface area contributed by atoms with E-state index in [-0.39, 0.29) is 12.5 Å². The Morgan fingerprint density at radius 3 is 2.72 bits per heavy atom. The van der Waals surface area contributed by atoms with E-state index in [1.807, 2.05) is 13.8 Å². The Morgan fingerprint density at radius 2 is 2.14 bits per heavy atom. The lowest BCUT2D eigenvalue weighted by molar-refractivity contribution is -0.214. The van der Waals surface area contributed by atoms with Crippen LogP contribution in [0.15, 0.2) is 9.52 Å². The lowest BCUT2D eigenvalue weighted by Crippen LogP contribution is -2.49. The highest BCUT2D eigenvalue weighted by molar-refractivity contribution is 5.73. The molecule has 0 radical (unpaired) electrons. The highest BCUT2D eigenvalue weighted by atomic mass is 16.6. The maximum absolute atomic E-state index is 10.2. The summed E-state index contributed by atoms with van der Waals surface area (Å²) in [7, 11) is 0. The normalized spacial score (nSPS) is 27.7.